The summed E-state index contributed by atoms with van der Waals surface area (Å²) in [6.45, 7) is 2.50. The van der Waals surface area contributed by atoms with Gasteiger partial charge in [0.1, 0.15) is 0 Å². The third kappa shape index (κ3) is 3.96. The van der Waals surface area contributed by atoms with Gasteiger partial charge in [-0.15, -0.1) is 0 Å². The largest absolute Gasteiger partial charge is 0.478 e. The van der Waals surface area contributed by atoms with E-state index in [9.17, 15) is 9.59 Å². The second-order valence-corrected chi connectivity index (χ2v) is 3.79. The maximum absolute atomic E-state index is 11.3. The molecular weight excluding hydrogens is 244 g/mol. The summed E-state index contributed by atoms with van der Waals surface area (Å²) in [5.41, 5.74) is 0.348. The fraction of sp³-hybridized carbons (Fsp3) is 0.273. The molecule has 0 aliphatic rings. The summed E-state index contributed by atoms with van der Waals surface area (Å²) in [7, 11) is 0. The van der Waals surface area contributed by atoms with Crippen LogP contribution in [0, 0.1) is 0 Å². The van der Waals surface area contributed by atoms with Crippen LogP contribution in [0.15, 0.2) is 18.2 Å². The number of halogens is 1. The molecule has 1 aromatic rings. The van der Waals surface area contributed by atoms with E-state index in [1.807, 2.05) is 6.92 Å². The molecule has 0 saturated carbocycles. The minimum absolute atomic E-state index is 0.0417. The molecule has 92 valence electrons. The Morgan fingerprint density at radius 1 is 1.41 bits per heavy atom. The van der Waals surface area contributed by atoms with Crippen molar-refractivity contribution in [3.8, 4) is 0 Å². The van der Waals surface area contributed by atoms with Gasteiger partial charge in [0.15, 0.2) is 0 Å². The molecule has 0 unspecified atom stereocenters. The summed E-state index contributed by atoms with van der Waals surface area (Å²) < 4.78 is 0. The molecule has 0 saturated heterocycles. The summed E-state index contributed by atoms with van der Waals surface area (Å²) in [5, 5.41) is 14.1. The van der Waals surface area contributed by atoms with Crippen molar-refractivity contribution in [1.82, 2.24) is 5.32 Å². The fourth-order valence-corrected chi connectivity index (χ4v) is 1.38. The number of carbonyl (C=O) groups excluding carboxylic acids is 1. The van der Waals surface area contributed by atoms with Crippen molar-refractivity contribution in [1.29, 1.82) is 0 Å². The topological polar surface area (TPSA) is 78.4 Å². The van der Waals surface area contributed by atoms with Crippen molar-refractivity contribution in [3.63, 3.8) is 0 Å². The predicted octanol–water partition coefficient (Wildman–Crippen LogP) is 2.57. The van der Waals surface area contributed by atoms with Crippen molar-refractivity contribution in [3.05, 3.63) is 28.8 Å². The quantitative estimate of drug-likeness (QED) is 0.775. The zero-order valence-corrected chi connectivity index (χ0v) is 10.0. The van der Waals surface area contributed by atoms with Gasteiger partial charge >= 0.3 is 12.0 Å². The van der Waals surface area contributed by atoms with Gasteiger partial charge in [-0.3, -0.25) is 0 Å². The van der Waals surface area contributed by atoms with Crippen molar-refractivity contribution in [2.45, 2.75) is 13.3 Å². The van der Waals surface area contributed by atoms with Crippen LogP contribution in [0.5, 0.6) is 0 Å². The van der Waals surface area contributed by atoms with Crippen LogP contribution >= 0.6 is 11.6 Å². The first-order chi connectivity index (χ1) is 8.04. The van der Waals surface area contributed by atoms with E-state index in [-0.39, 0.29) is 16.6 Å². The van der Waals surface area contributed by atoms with Gasteiger partial charge in [0.25, 0.3) is 0 Å². The van der Waals surface area contributed by atoms with E-state index in [0.717, 1.165) is 6.42 Å². The fourth-order valence-electron chi connectivity index (χ4n) is 1.18. The Balaban J connectivity index is 2.75. The molecule has 0 aliphatic heterocycles. The summed E-state index contributed by atoms with van der Waals surface area (Å²) in [4.78, 5) is 22.2. The molecule has 0 spiro atoms. The molecule has 1 aromatic carbocycles. The maximum Gasteiger partial charge on any atom is 0.337 e. The zero-order valence-electron chi connectivity index (χ0n) is 9.29. The van der Waals surface area contributed by atoms with E-state index < -0.39 is 5.97 Å². The second kappa shape index (κ2) is 6.10. The monoisotopic (exact) mass is 256 g/mol. The van der Waals surface area contributed by atoms with Crippen molar-refractivity contribution in [2.24, 2.45) is 0 Å². The first-order valence-corrected chi connectivity index (χ1v) is 5.50. The standard InChI is InChI=1S/C11H13ClN2O3/c1-2-5-13-11(17)14-7-3-4-9(12)8(6-7)10(15)16/h3-4,6H,2,5H2,1H3,(H,15,16)(H2,13,14,17). The Morgan fingerprint density at radius 2 is 2.12 bits per heavy atom. The third-order valence-corrected chi connectivity index (χ3v) is 2.32. The highest BCUT2D eigenvalue weighted by Crippen LogP contribution is 2.20. The molecule has 17 heavy (non-hydrogen) atoms. The number of nitrogens with one attached hydrogen (secondary N) is 2. The number of aromatic carboxylic acids is 1. The molecule has 2 amide bonds. The Labute approximate surface area is 104 Å². The highest BCUT2D eigenvalue weighted by atomic mass is 35.5. The summed E-state index contributed by atoms with van der Waals surface area (Å²) in [6, 6.07) is 3.92. The first-order valence-electron chi connectivity index (χ1n) is 5.12. The van der Waals surface area contributed by atoms with Gasteiger partial charge in [-0.05, 0) is 24.6 Å². The van der Waals surface area contributed by atoms with Gasteiger partial charge < -0.3 is 15.7 Å². The van der Waals surface area contributed by atoms with Crippen LogP contribution in [0.1, 0.15) is 23.7 Å². The Morgan fingerprint density at radius 3 is 2.71 bits per heavy atom. The Hall–Kier alpha value is -1.75. The normalized spacial score (nSPS) is 9.76. The molecule has 0 atom stereocenters. The SMILES string of the molecule is CCCNC(=O)Nc1ccc(Cl)c(C(=O)O)c1. The number of hydrogen-bond acceptors (Lipinski definition) is 2. The maximum atomic E-state index is 11.3. The summed E-state index contributed by atoms with van der Waals surface area (Å²) in [6.07, 6.45) is 0.828. The van der Waals surface area contributed by atoms with E-state index in [1.165, 1.54) is 12.1 Å². The highest BCUT2D eigenvalue weighted by Gasteiger charge is 2.10. The molecule has 3 N–H and O–H groups in total. The van der Waals surface area contributed by atoms with E-state index in [2.05, 4.69) is 10.6 Å². The number of urea groups is 1. The molecule has 0 fully saturated rings. The zero-order chi connectivity index (χ0) is 12.8. The summed E-state index contributed by atoms with van der Waals surface area (Å²) >= 11 is 5.70. The van der Waals surface area contributed by atoms with Gasteiger partial charge in [-0.1, -0.05) is 18.5 Å². The summed E-state index contributed by atoms with van der Waals surface area (Å²) in [5.74, 6) is -1.13. The van der Waals surface area contributed by atoms with Gasteiger partial charge in [0.05, 0.1) is 10.6 Å². The van der Waals surface area contributed by atoms with Gasteiger partial charge in [-0.2, -0.15) is 0 Å². The van der Waals surface area contributed by atoms with Crippen LogP contribution in [0.25, 0.3) is 0 Å². The van der Waals surface area contributed by atoms with Crippen LogP contribution in [-0.2, 0) is 0 Å². The van der Waals surface area contributed by atoms with Crippen LogP contribution in [-0.4, -0.2) is 23.7 Å². The van der Waals surface area contributed by atoms with Gasteiger partial charge in [0, 0.05) is 12.2 Å². The lowest BCUT2D eigenvalue weighted by molar-refractivity contribution is 0.0697. The molecule has 0 bridgehead atoms. The lowest BCUT2D eigenvalue weighted by Crippen LogP contribution is -2.29. The Kier molecular flexibility index (Phi) is 4.78. The van der Waals surface area contributed by atoms with Crippen LogP contribution in [0.3, 0.4) is 0 Å². The molecule has 6 heteroatoms. The van der Waals surface area contributed by atoms with E-state index in [1.54, 1.807) is 6.07 Å². The van der Waals surface area contributed by atoms with Gasteiger partial charge in [-0.25, -0.2) is 9.59 Å². The molecule has 0 radical (unpaired) electrons. The average molecular weight is 257 g/mol. The Bertz CT molecular complexity index is 435. The number of carboxylic acids is 1. The number of hydrogen-bond donors (Lipinski definition) is 3. The highest BCUT2D eigenvalue weighted by molar-refractivity contribution is 6.33. The van der Waals surface area contributed by atoms with Crippen molar-refractivity contribution >= 4 is 29.3 Å². The minimum Gasteiger partial charge on any atom is -0.478 e. The van der Waals surface area contributed by atoms with Gasteiger partial charge in [0.2, 0.25) is 0 Å². The molecule has 1 rings (SSSR count). The van der Waals surface area contributed by atoms with Crippen LogP contribution < -0.4 is 10.6 Å². The van der Waals surface area contributed by atoms with E-state index in [0.29, 0.717) is 12.2 Å². The van der Waals surface area contributed by atoms with Crippen molar-refractivity contribution in [2.75, 3.05) is 11.9 Å². The smallest absolute Gasteiger partial charge is 0.337 e. The van der Waals surface area contributed by atoms with Crippen LogP contribution in [0.4, 0.5) is 10.5 Å². The first kappa shape index (κ1) is 13.3. The third-order valence-electron chi connectivity index (χ3n) is 1.99. The number of amides is 2. The van der Waals surface area contributed by atoms with Crippen molar-refractivity contribution < 1.29 is 14.7 Å². The second-order valence-electron chi connectivity index (χ2n) is 3.38. The predicted molar refractivity (Wildman–Crippen MR) is 65.7 cm³/mol. The molecule has 5 nitrogen and oxygen atoms in total. The number of benzene rings is 1. The minimum atomic E-state index is -1.13. The van der Waals surface area contributed by atoms with Crippen LogP contribution in [0.2, 0.25) is 5.02 Å². The number of rotatable bonds is 4. The van der Waals surface area contributed by atoms with E-state index >= 15 is 0 Å². The lowest BCUT2D eigenvalue weighted by atomic mass is 10.2. The molecule has 0 heterocycles. The number of carboxylic acid groups (broad SMARTS) is 1. The molecule has 0 aromatic heterocycles. The molecular formula is C11H13ClN2O3. The lowest BCUT2D eigenvalue weighted by Gasteiger charge is -2.08. The van der Waals surface area contributed by atoms with E-state index in [4.69, 9.17) is 16.7 Å². The number of anilines is 1. The molecule has 0 aliphatic carbocycles. The number of carbonyl (C=O) groups is 2. The average Bonchev–Trinajstić information content (AvgIpc) is 2.28.